The lowest BCUT2D eigenvalue weighted by Gasteiger charge is -1.89. The van der Waals surface area contributed by atoms with Crippen molar-refractivity contribution in [2.75, 3.05) is 0 Å². The average Bonchev–Trinajstić information content (AvgIpc) is 2.86. The number of thiazole rings is 1. The van der Waals surface area contributed by atoms with Crippen LogP contribution in [0.3, 0.4) is 0 Å². The Balaban J connectivity index is 2.48. The Morgan fingerprint density at radius 3 is 2.87 bits per heavy atom. The number of aromatic nitrogens is 1. The molecule has 0 aliphatic heterocycles. The van der Waals surface area contributed by atoms with Gasteiger partial charge >= 0.3 is 5.97 Å². The van der Waals surface area contributed by atoms with Crippen molar-refractivity contribution in [3.63, 3.8) is 0 Å². The Hall–Kier alpha value is -1.20. The summed E-state index contributed by atoms with van der Waals surface area (Å²) in [4.78, 5) is 16.9. The molecule has 0 bridgehead atoms. The van der Waals surface area contributed by atoms with Crippen LogP contribution in [0.1, 0.15) is 22.3 Å². The van der Waals surface area contributed by atoms with Gasteiger partial charge in [-0.3, -0.25) is 0 Å². The Kier molecular flexibility index (Phi) is 2.83. The number of hydrogen-bond donors (Lipinski definition) is 1. The molecule has 2 aromatic rings. The van der Waals surface area contributed by atoms with Gasteiger partial charge in [0.2, 0.25) is 0 Å². The minimum absolute atomic E-state index is 0.200. The number of hydrogen-bond acceptors (Lipinski definition) is 4. The van der Waals surface area contributed by atoms with E-state index in [2.05, 4.69) is 4.98 Å². The molecule has 0 radical (unpaired) electrons. The van der Waals surface area contributed by atoms with Crippen LogP contribution in [0.5, 0.6) is 0 Å². The molecule has 2 rings (SSSR count). The molecule has 78 valence electrons. The number of aromatic carboxylic acids is 1. The summed E-state index contributed by atoms with van der Waals surface area (Å²) in [5, 5.41) is 11.7. The molecule has 0 amide bonds. The molecule has 3 nitrogen and oxygen atoms in total. The summed E-state index contributed by atoms with van der Waals surface area (Å²) in [7, 11) is 0. The van der Waals surface area contributed by atoms with E-state index in [4.69, 9.17) is 5.11 Å². The largest absolute Gasteiger partial charge is 0.476 e. The average molecular weight is 239 g/mol. The second-order valence-corrected chi connectivity index (χ2v) is 4.96. The predicted molar refractivity (Wildman–Crippen MR) is 61.8 cm³/mol. The molecular weight excluding hydrogens is 230 g/mol. The van der Waals surface area contributed by atoms with Gasteiger partial charge in [0, 0.05) is 4.88 Å². The Labute approximate surface area is 95.0 Å². The van der Waals surface area contributed by atoms with Gasteiger partial charge in [0.05, 0.1) is 4.88 Å². The van der Waals surface area contributed by atoms with Gasteiger partial charge in [0.15, 0.2) is 5.69 Å². The Morgan fingerprint density at radius 2 is 2.40 bits per heavy atom. The van der Waals surface area contributed by atoms with E-state index in [0.29, 0.717) is 6.42 Å². The van der Waals surface area contributed by atoms with Crippen molar-refractivity contribution in [1.82, 2.24) is 4.98 Å². The first-order valence-electron chi connectivity index (χ1n) is 4.49. The lowest BCUT2D eigenvalue weighted by molar-refractivity contribution is 0.0690. The topological polar surface area (TPSA) is 50.2 Å². The molecule has 0 saturated heterocycles. The van der Waals surface area contributed by atoms with Crippen LogP contribution in [0.25, 0.3) is 9.88 Å². The van der Waals surface area contributed by atoms with Crippen molar-refractivity contribution < 1.29 is 9.90 Å². The SMILES string of the molecule is CCc1sc(-c2cccs2)nc1C(=O)O. The van der Waals surface area contributed by atoms with Gasteiger partial charge in [-0.2, -0.15) is 0 Å². The highest BCUT2D eigenvalue weighted by Crippen LogP contribution is 2.31. The first kappa shape index (κ1) is 10.3. The summed E-state index contributed by atoms with van der Waals surface area (Å²) < 4.78 is 0. The van der Waals surface area contributed by atoms with E-state index >= 15 is 0 Å². The molecule has 15 heavy (non-hydrogen) atoms. The van der Waals surface area contributed by atoms with Crippen molar-refractivity contribution in [3.05, 3.63) is 28.1 Å². The van der Waals surface area contributed by atoms with Crippen molar-refractivity contribution in [2.24, 2.45) is 0 Å². The first-order chi connectivity index (χ1) is 7.22. The van der Waals surface area contributed by atoms with E-state index in [0.717, 1.165) is 14.8 Å². The highest BCUT2D eigenvalue weighted by molar-refractivity contribution is 7.21. The standard InChI is InChI=1S/C10H9NO2S2/c1-2-6-8(10(12)13)11-9(15-6)7-4-3-5-14-7/h3-5H,2H2,1H3,(H,12,13). The minimum Gasteiger partial charge on any atom is -0.476 e. The number of aryl methyl sites for hydroxylation is 1. The summed E-state index contributed by atoms with van der Waals surface area (Å²) in [6.07, 6.45) is 0.713. The number of thiophene rings is 1. The molecule has 0 unspecified atom stereocenters. The normalized spacial score (nSPS) is 10.5. The van der Waals surface area contributed by atoms with Crippen LogP contribution >= 0.6 is 22.7 Å². The summed E-state index contributed by atoms with van der Waals surface area (Å²) in [5.74, 6) is -0.939. The molecule has 0 aliphatic carbocycles. The molecule has 0 atom stereocenters. The number of rotatable bonds is 3. The van der Waals surface area contributed by atoms with Gasteiger partial charge in [-0.05, 0) is 17.9 Å². The molecule has 0 fully saturated rings. The van der Waals surface area contributed by atoms with Gasteiger partial charge in [-0.15, -0.1) is 22.7 Å². The second-order valence-electron chi connectivity index (χ2n) is 2.93. The monoisotopic (exact) mass is 239 g/mol. The fraction of sp³-hybridized carbons (Fsp3) is 0.200. The maximum atomic E-state index is 10.9. The van der Waals surface area contributed by atoms with E-state index in [1.54, 1.807) is 11.3 Å². The van der Waals surface area contributed by atoms with Crippen molar-refractivity contribution in [2.45, 2.75) is 13.3 Å². The van der Waals surface area contributed by atoms with E-state index in [1.807, 2.05) is 24.4 Å². The molecule has 2 aromatic heterocycles. The molecular formula is C10H9NO2S2. The third-order valence-corrected chi connectivity index (χ3v) is 4.19. The summed E-state index contributed by atoms with van der Waals surface area (Å²) in [6.45, 7) is 1.94. The minimum atomic E-state index is -0.939. The van der Waals surface area contributed by atoms with Gasteiger partial charge in [-0.1, -0.05) is 13.0 Å². The Bertz CT molecular complexity index is 474. The molecule has 5 heteroatoms. The van der Waals surface area contributed by atoms with Crippen LogP contribution in [0.15, 0.2) is 17.5 Å². The van der Waals surface area contributed by atoms with E-state index < -0.39 is 5.97 Å². The van der Waals surface area contributed by atoms with E-state index in [-0.39, 0.29) is 5.69 Å². The van der Waals surface area contributed by atoms with E-state index in [9.17, 15) is 4.79 Å². The lowest BCUT2D eigenvalue weighted by atomic mass is 10.3. The van der Waals surface area contributed by atoms with Gasteiger partial charge in [-0.25, -0.2) is 9.78 Å². The number of carboxylic acids is 1. The van der Waals surface area contributed by atoms with Crippen LogP contribution in [0.4, 0.5) is 0 Å². The Morgan fingerprint density at radius 1 is 1.60 bits per heavy atom. The highest BCUT2D eigenvalue weighted by atomic mass is 32.1. The van der Waals surface area contributed by atoms with Crippen molar-refractivity contribution in [3.8, 4) is 9.88 Å². The number of carboxylic acid groups (broad SMARTS) is 1. The van der Waals surface area contributed by atoms with Crippen molar-refractivity contribution >= 4 is 28.6 Å². The molecule has 2 heterocycles. The molecule has 0 aromatic carbocycles. The zero-order valence-corrected chi connectivity index (χ0v) is 9.69. The summed E-state index contributed by atoms with van der Waals surface area (Å²) >= 11 is 3.04. The molecule has 0 saturated carbocycles. The third kappa shape index (κ3) is 1.93. The molecule has 1 N–H and O–H groups in total. The van der Waals surface area contributed by atoms with Crippen LogP contribution in [0.2, 0.25) is 0 Å². The van der Waals surface area contributed by atoms with Crippen LogP contribution < -0.4 is 0 Å². The number of carbonyl (C=O) groups is 1. The fourth-order valence-corrected chi connectivity index (χ4v) is 3.05. The summed E-state index contributed by atoms with van der Waals surface area (Å²) in [6, 6.07) is 3.89. The van der Waals surface area contributed by atoms with Crippen LogP contribution in [-0.4, -0.2) is 16.1 Å². The fourth-order valence-electron chi connectivity index (χ4n) is 1.26. The maximum absolute atomic E-state index is 10.9. The molecule has 0 aliphatic rings. The van der Waals surface area contributed by atoms with Gasteiger partial charge in [0.25, 0.3) is 0 Å². The maximum Gasteiger partial charge on any atom is 0.355 e. The third-order valence-electron chi connectivity index (χ3n) is 1.95. The zero-order valence-electron chi connectivity index (χ0n) is 8.06. The smallest absolute Gasteiger partial charge is 0.355 e. The number of nitrogens with zero attached hydrogens (tertiary/aromatic N) is 1. The van der Waals surface area contributed by atoms with Crippen LogP contribution in [0, 0.1) is 0 Å². The zero-order chi connectivity index (χ0) is 10.8. The second kappa shape index (κ2) is 4.12. The quantitative estimate of drug-likeness (QED) is 0.895. The van der Waals surface area contributed by atoms with Gasteiger partial charge in [0.1, 0.15) is 5.01 Å². The summed E-state index contributed by atoms with van der Waals surface area (Å²) in [5.41, 5.74) is 0.200. The predicted octanol–water partition coefficient (Wildman–Crippen LogP) is 3.13. The highest BCUT2D eigenvalue weighted by Gasteiger charge is 2.16. The first-order valence-corrected chi connectivity index (χ1v) is 6.19. The lowest BCUT2D eigenvalue weighted by Crippen LogP contribution is -1.99. The van der Waals surface area contributed by atoms with Gasteiger partial charge < -0.3 is 5.11 Å². The van der Waals surface area contributed by atoms with Crippen LogP contribution in [-0.2, 0) is 6.42 Å². The van der Waals surface area contributed by atoms with Crippen molar-refractivity contribution in [1.29, 1.82) is 0 Å². The molecule has 0 spiro atoms. The van der Waals surface area contributed by atoms with E-state index in [1.165, 1.54) is 11.3 Å².